The number of carbonyl (C=O) groups is 2. The largest absolute Gasteiger partial charge is 0.493 e. The van der Waals surface area contributed by atoms with Gasteiger partial charge in [-0.1, -0.05) is 17.3 Å². The Labute approximate surface area is 223 Å². The van der Waals surface area contributed by atoms with Gasteiger partial charge in [-0.15, -0.1) is 0 Å². The van der Waals surface area contributed by atoms with E-state index in [1.54, 1.807) is 4.90 Å². The molecule has 2 amide bonds. The molecule has 3 heterocycles. The van der Waals surface area contributed by atoms with Gasteiger partial charge in [-0.2, -0.15) is 4.98 Å². The van der Waals surface area contributed by atoms with Crippen LogP contribution in [0.2, 0.25) is 0 Å². The summed E-state index contributed by atoms with van der Waals surface area (Å²) in [5.74, 6) is 1.36. The van der Waals surface area contributed by atoms with Gasteiger partial charge in [-0.25, -0.2) is 4.79 Å². The maximum absolute atomic E-state index is 12.8. The minimum atomic E-state index is -0.697. The number of hydrogen-bond donors (Lipinski definition) is 2. The number of para-hydroxylation sites is 1. The molecule has 0 aliphatic carbocycles. The zero-order chi connectivity index (χ0) is 27.0. The second-order valence-corrected chi connectivity index (χ2v) is 10.8. The van der Waals surface area contributed by atoms with Crippen LogP contribution < -0.4 is 15.4 Å². The molecule has 2 bridgehead atoms. The highest BCUT2D eigenvalue weighted by Crippen LogP contribution is 2.28. The molecule has 11 nitrogen and oxygen atoms in total. The van der Waals surface area contributed by atoms with Gasteiger partial charge in [0, 0.05) is 25.9 Å². The minimum Gasteiger partial charge on any atom is -0.493 e. The Bertz CT molecular complexity index is 1080. The van der Waals surface area contributed by atoms with Gasteiger partial charge in [0.15, 0.2) is 0 Å². The number of amides is 2. The third kappa shape index (κ3) is 7.91. The molecule has 208 valence electrons. The molecule has 1 saturated heterocycles. The van der Waals surface area contributed by atoms with E-state index in [-0.39, 0.29) is 18.4 Å². The number of morpholine rings is 1. The van der Waals surface area contributed by atoms with Gasteiger partial charge in [0.2, 0.25) is 17.6 Å². The monoisotopic (exact) mass is 529 g/mol. The highest BCUT2D eigenvalue weighted by Gasteiger charge is 2.39. The van der Waals surface area contributed by atoms with E-state index in [0.29, 0.717) is 63.2 Å². The van der Waals surface area contributed by atoms with Gasteiger partial charge < -0.3 is 34.3 Å². The second-order valence-electron chi connectivity index (χ2n) is 10.8. The fourth-order valence-corrected chi connectivity index (χ4v) is 4.53. The predicted octanol–water partition coefficient (Wildman–Crippen LogP) is 2.94. The lowest BCUT2D eigenvalue weighted by atomic mass is 9.94. The van der Waals surface area contributed by atoms with E-state index in [9.17, 15) is 9.59 Å². The van der Waals surface area contributed by atoms with Crippen LogP contribution in [-0.4, -0.2) is 84.2 Å². The van der Waals surface area contributed by atoms with E-state index in [1.165, 1.54) is 0 Å². The molecule has 4 rings (SSSR count). The summed E-state index contributed by atoms with van der Waals surface area (Å²) < 4.78 is 23.2. The van der Waals surface area contributed by atoms with Crippen LogP contribution in [0.3, 0.4) is 0 Å². The number of aryl methyl sites for hydroxylation is 1. The van der Waals surface area contributed by atoms with Crippen LogP contribution in [0.5, 0.6) is 5.75 Å². The van der Waals surface area contributed by atoms with Crippen LogP contribution in [-0.2, 0) is 20.7 Å². The summed E-state index contributed by atoms with van der Waals surface area (Å²) in [6, 6.07) is 7.58. The summed E-state index contributed by atoms with van der Waals surface area (Å²) in [4.78, 5) is 31.7. The van der Waals surface area contributed by atoms with Crippen molar-refractivity contribution in [3.05, 3.63) is 30.2 Å². The third-order valence-corrected chi connectivity index (χ3v) is 6.41. The number of nitrogens with one attached hydrogen (secondary N) is 2. The molecule has 2 aromatic rings. The summed E-state index contributed by atoms with van der Waals surface area (Å²) >= 11 is 0. The average molecular weight is 530 g/mol. The highest BCUT2D eigenvalue weighted by molar-refractivity contribution is 5.76. The number of hydrogen-bond acceptors (Lipinski definition) is 9. The number of aromatic nitrogens is 2. The Morgan fingerprint density at radius 1 is 1.13 bits per heavy atom. The van der Waals surface area contributed by atoms with Crippen molar-refractivity contribution in [2.75, 3.05) is 45.9 Å². The molecule has 1 unspecified atom stereocenters. The Balaban J connectivity index is 1.44. The molecule has 11 heteroatoms. The number of benzene rings is 1. The standard InChI is InChI=1S/C27H39N5O6/c1-26(2,3)37-25(34)32-15-17-36-27(19-32)12-6-13-28-14-7-16-35-21-9-5-4-8-20(21)24-30-23(38-31-24)11-10-22(33)29-18-27/h4-5,8-9,28H,6-7,10-19H2,1-3H3,(H,29,33). The smallest absolute Gasteiger partial charge is 0.410 e. The van der Waals surface area contributed by atoms with Gasteiger partial charge in [-0.05, 0) is 65.3 Å². The van der Waals surface area contributed by atoms with Crippen LogP contribution >= 0.6 is 0 Å². The summed E-state index contributed by atoms with van der Waals surface area (Å²) in [7, 11) is 0. The summed E-state index contributed by atoms with van der Waals surface area (Å²) in [6.45, 7) is 9.14. The molecular weight excluding hydrogens is 490 g/mol. The molecule has 2 N–H and O–H groups in total. The van der Waals surface area contributed by atoms with Gasteiger partial charge in [-0.3, -0.25) is 4.79 Å². The molecule has 0 saturated carbocycles. The first-order valence-electron chi connectivity index (χ1n) is 13.4. The van der Waals surface area contributed by atoms with E-state index < -0.39 is 11.2 Å². The van der Waals surface area contributed by atoms with Crippen LogP contribution in [0.1, 0.15) is 52.3 Å². The number of nitrogens with zero attached hydrogens (tertiary/aromatic N) is 3. The first kappa shape index (κ1) is 27.8. The zero-order valence-electron chi connectivity index (χ0n) is 22.6. The van der Waals surface area contributed by atoms with E-state index in [2.05, 4.69) is 20.8 Å². The van der Waals surface area contributed by atoms with Gasteiger partial charge in [0.1, 0.15) is 17.0 Å². The fourth-order valence-electron chi connectivity index (χ4n) is 4.53. The van der Waals surface area contributed by atoms with Crippen molar-refractivity contribution in [2.24, 2.45) is 0 Å². The van der Waals surface area contributed by atoms with Crippen LogP contribution in [0, 0.1) is 0 Å². The first-order chi connectivity index (χ1) is 18.2. The molecule has 1 atom stereocenters. The number of fused-ring (bicyclic) bond motifs is 4. The average Bonchev–Trinajstić information content (AvgIpc) is 3.36. The molecular formula is C27H39N5O6. The van der Waals surface area contributed by atoms with Crippen LogP contribution in [0.25, 0.3) is 11.4 Å². The Morgan fingerprint density at radius 3 is 2.79 bits per heavy atom. The van der Waals surface area contributed by atoms with Crippen LogP contribution in [0.15, 0.2) is 28.8 Å². The summed E-state index contributed by atoms with van der Waals surface area (Å²) in [5.41, 5.74) is -0.529. The van der Waals surface area contributed by atoms with Crippen molar-refractivity contribution < 1.29 is 28.3 Å². The Kier molecular flexibility index (Phi) is 9.22. The van der Waals surface area contributed by atoms with E-state index >= 15 is 0 Å². The molecule has 2 aliphatic rings. The van der Waals surface area contributed by atoms with Crippen molar-refractivity contribution in [1.29, 1.82) is 0 Å². The van der Waals surface area contributed by atoms with Crippen molar-refractivity contribution in [3.8, 4) is 17.1 Å². The Hall–Kier alpha value is -3.18. The predicted molar refractivity (Wildman–Crippen MR) is 140 cm³/mol. The molecule has 2 aliphatic heterocycles. The maximum Gasteiger partial charge on any atom is 0.410 e. The van der Waals surface area contributed by atoms with Gasteiger partial charge in [0.05, 0.1) is 25.3 Å². The third-order valence-electron chi connectivity index (χ3n) is 6.41. The molecule has 1 aromatic carbocycles. The molecule has 1 fully saturated rings. The molecule has 1 spiro atoms. The lowest BCUT2D eigenvalue weighted by Gasteiger charge is -2.43. The van der Waals surface area contributed by atoms with E-state index in [0.717, 1.165) is 31.5 Å². The zero-order valence-corrected chi connectivity index (χ0v) is 22.6. The van der Waals surface area contributed by atoms with Gasteiger partial charge in [0.25, 0.3) is 0 Å². The lowest BCUT2D eigenvalue weighted by Crippen LogP contribution is -2.59. The second kappa shape index (κ2) is 12.6. The molecule has 1 aromatic heterocycles. The van der Waals surface area contributed by atoms with Crippen molar-refractivity contribution in [2.45, 2.75) is 64.1 Å². The minimum absolute atomic E-state index is 0.151. The molecule has 0 radical (unpaired) electrons. The van der Waals surface area contributed by atoms with Crippen LogP contribution in [0.4, 0.5) is 4.79 Å². The van der Waals surface area contributed by atoms with Crippen molar-refractivity contribution in [3.63, 3.8) is 0 Å². The maximum atomic E-state index is 12.8. The van der Waals surface area contributed by atoms with Crippen molar-refractivity contribution >= 4 is 12.0 Å². The molecule has 38 heavy (non-hydrogen) atoms. The number of rotatable bonds is 0. The normalized spacial score (nSPS) is 22.3. The Morgan fingerprint density at radius 2 is 1.95 bits per heavy atom. The summed E-state index contributed by atoms with van der Waals surface area (Å²) in [5, 5.41) is 10.6. The topological polar surface area (TPSA) is 128 Å². The van der Waals surface area contributed by atoms with Gasteiger partial charge >= 0.3 is 6.09 Å². The van der Waals surface area contributed by atoms with Crippen molar-refractivity contribution in [1.82, 2.24) is 25.7 Å². The quantitative estimate of drug-likeness (QED) is 0.529. The summed E-state index contributed by atoms with van der Waals surface area (Å²) in [6.07, 6.45) is 2.46. The highest BCUT2D eigenvalue weighted by atomic mass is 16.6. The fraction of sp³-hybridized carbons (Fsp3) is 0.630. The van der Waals surface area contributed by atoms with E-state index in [1.807, 2.05) is 45.0 Å². The van der Waals surface area contributed by atoms with E-state index in [4.69, 9.17) is 18.7 Å². The number of carbonyl (C=O) groups excluding carboxylic acids is 2. The lowest BCUT2D eigenvalue weighted by molar-refractivity contribution is -0.129. The first-order valence-corrected chi connectivity index (χ1v) is 13.4. The SMILES string of the molecule is CC(C)(C)OC(=O)N1CCOC2(CCCNCCCOc3ccccc3-c3noc(n3)CCC(=O)NC2)C1. The number of ether oxygens (including phenoxy) is 3.